The number of nitro groups is 1. The van der Waals surface area contributed by atoms with Crippen LogP contribution in [0.3, 0.4) is 0 Å². The summed E-state index contributed by atoms with van der Waals surface area (Å²) in [6.07, 6.45) is 2.40. The summed E-state index contributed by atoms with van der Waals surface area (Å²) < 4.78 is 0. The first-order valence-electron chi connectivity index (χ1n) is 8.84. The number of carbonyl (C=O) groups excluding carboxylic acids is 2. The number of nitrogens with one attached hydrogen (secondary N) is 1. The highest BCUT2D eigenvalue weighted by Crippen LogP contribution is 2.28. The molecule has 0 heterocycles. The van der Waals surface area contributed by atoms with Crippen LogP contribution in [0.4, 0.5) is 11.4 Å². The lowest BCUT2D eigenvalue weighted by atomic mass is 10.1. The van der Waals surface area contributed by atoms with Crippen molar-refractivity contribution < 1.29 is 14.5 Å². The second-order valence-corrected chi connectivity index (χ2v) is 7.08. The Morgan fingerprint density at radius 1 is 1.21 bits per heavy atom. The SMILES string of the molecule is CCCN(CC(=O)Nc1ccccc1C)C(=O)c1ccc(SC)c([N+](=O)[O-])c1. The fourth-order valence-corrected chi connectivity index (χ4v) is 3.29. The summed E-state index contributed by atoms with van der Waals surface area (Å²) in [5.74, 6) is -0.719. The predicted molar refractivity (Wildman–Crippen MR) is 111 cm³/mol. The van der Waals surface area contributed by atoms with Gasteiger partial charge >= 0.3 is 0 Å². The van der Waals surface area contributed by atoms with Crippen LogP contribution in [0.25, 0.3) is 0 Å². The first kappa shape index (κ1) is 21.4. The third-order valence-electron chi connectivity index (χ3n) is 4.16. The van der Waals surface area contributed by atoms with Crippen LogP contribution in [0.5, 0.6) is 0 Å². The van der Waals surface area contributed by atoms with Gasteiger partial charge in [0.15, 0.2) is 0 Å². The molecule has 0 bridgehead atoms. The second kappa shape index (κ2) is 9.89. The molecule has 0 spiro atoms. The summed E-state index contributed by atoms with van der Waals surface area (Å²) in [7, 11) is 0. The number of nitrogens with zero attached hydrogens (tertiary/aromatic N) is 2. The summed E-state index contributed by atoms with van der Waals surface area (Å²) in [6.45, 7) is 4.03. The van der Waals surface area contributed by atoms with Gasteiger partial charge in [-0.3, -0.25) is 19.7 Å². The standard InChI is InChI=1S/C20H23N3O4S/c1-4-11-22(13-19(24)21-16-8-6-5-7-14(16)2)20(25)15-9-10-18(28-3)17(12-15)23(26)27/h5-10,12H,4,11,13H2,1-3H3,(H,21,24). The Morgan fingerprint density at radius 3 is 2.54 bits per heavy atom. The van der Waals surface area contributed by atoms with Crippen LogP contribution in [0.2, 0.25) is 0 Å². The maximum absolute atomic E-state index is 12.9. The van der Waals surface area contributed by atoms with Crippen molar-refractivity contribution in [1.29, 1.82) is 0 Å². The summed E-state index contributed by atoms with van der Waals surface area (Å²) in [5, 5.41) is 14.1. The van der Waals surface area contributed by atoms with Crippen LogP contribution in [-0.2, 0) is 4.79 Å². The molecule has 7 nitrogen and oxygen atoms in total. The van der Waals surface area contributed by atoms with E-state index in [1.807, 2.05) is 32.0 Å². The summed E-state index contributed by atoms with van der Waals surface area (Å²) in [4.78, 5) is 38.0. The molecule has 2 aromatic carbocycles. The minimum atomic E-state index is -0.502. The smallest absolute Gasteiger partial charge is 0.283 e. The molecule has 0 saturated carbocycles. The average Bonchev–Trinajstić information content (AvgIpc) is 2.68. The van der Waals surface area contributed by atoms with Gasteiger partial charge in [-0.05, 0) is 43.4 Å². The van der Waals surface area contributed by atoms with Crippen molar-refractivity contribution >= 4 is 35.0 Å². The first-order valence-corrected chi connectivity index (χ1v) is 10.1. The molecule has 0 aliphatic rings. The van der Waals surface area contributed by atoms with Gasteiger partial charge in [-0.1, -0.05) is 25.1 Å². The average molecular weight is 401 g/mol. The molecule has 0 fully saturated rings. The van der Waals surface area contributed by atoms with Crippen molar-refractivity contribution in [2.45, 2.75) is 25.2 Å². The molecular formula is C20H23N3O4S. The van der Waals surface area contributed by atoms with E-state index in [-0.39, 0.29) is 23.7 Å². The second-order valence-electron chi connectivity index (χ2n) is 6.23. The molecule has 0 aliphatic heterocycles. The van der Waals surface area contributed by atoms with Crippen LogP contribution < -0.4 is 5.32 Å². The van der Waals surface area contributed by atoms with E-state index in [1.54, 1.807) is 24.5 Å². The lowest BCUT2D eigenvalue weighted by molar-refractivity contribution is -0.387. The molecular weight excluding hydrogens is 378 g/mol. The molecule has 0 radical (unpaired) electrons. The van der Waals surface area contributed by atoms with Crippen LogP contribution >= 0.6 is 11.8 Å². The van der Waals surface area contributed by atoms with Gasteiger partial charge in [0, 0.05) is 23.9 Å². The van der Waals surface area contributed by atoms with Gasteiger partial charge in [0.25, 0.3) is 11.6 Å². The molecule has 0 unspecified atom stereocenters. The highest BCUT2D eigenvalue weighted by atomic mass is 32.2. The quantitative estimate of drug-likeness (QED) is 0.408. The number of hydrogen-bond donors (Lipinski definition) is 1. The zero-order valence-corrected chi connectivity index (χ0v) is 16.9. The summed E-state index contributed by atoms with van der Waals surface area (Å²) >= 11 is 1.25. The molecule has 0 aliphatic carbocycles. The fraction of sp³-hybridized carbons (Fsp3) is 0.300. The van der Waals surface area contributed by atoms with Crippen molar-refractivity contribution in [3.63, 3.8) is 0 Å². The third-order valence-corrected chi connectivity index (χ3v) is 4.94. The van der Waals surface area contributed by atoms with E-state index in [4.69, 9.17) is 0 Å². The Balaban J connectivity index is 2.20. The third kappa shape index (κ3) is 5.32. The van der Waals surface area contributed by atoms with Crippen LogP contribution in [-0.4, -0.2) is 41.0 Å². The van der Waals surface area contributed by atoms with Gasteiger partial charge in [0.1, 0.15) is 6.54 Å². The molecule has 8 heteroatoms. The van der Waals surface area contributed by atoms with Crippen LogP contribution in [0, 0.1) is 17.0 Å². The van der Waals surface area contributed by atoms with E-state index in [0.717, 1.165) is 5.56 Å². The monoisotopic (exact) mass is 401 g/mol. The van der Waals surface area contributed by atoms with Gasteiger partial charge in [-0.15, -0.1) is 11.8 Å². The van der Waals surface area contributed by atoms with Crippen molar-refractivity contribution in [3.8, 4) is 0 Å². The van der Waals surface area contributed by atoms with Crippen molar-refractivity contribution in [1.82, 2.24) is 4.90 Å². The Hall–Kier alpha value is -2.87. The van der Waals surface area contributed by atoms with Crippen molar-refractivity contribution in [2.75, 3.05) is 24.7 Å². The Labute approximate surface area is 168 Å². The first-order chi connectivity index (χ1) is 13.4. The number of benzene rings is 2. The summed E-state index contributed by atoms with van der Waals surface area (Å²) in [5.41, 5.74) is 1.70. The molecule has 28 heavy (non-hydrogen) atoms. The number of nitro benzene ring substituents is 1. The van der Waals surface area contributed by atoms with Gasteiger partial charge < -0.3 is 10.2 Å². The zero-order valence-electron chi connectivity index (χ0n) is 16.1. The topological polar surface area (TPSA) is 92.6 Å². The number of anilines is 1. The number of aryl methyl sites for hydroxylation is 1. The molecule has 0 atom stereocenters. The van der Waals surface area contributed by atoms with Crippen molar-refractivity contribution in [2.24, 2.45) is 0 Å². The lowest BCUT2D eigenvalue weighted by Crippen LogP contribution is -2.38. The van der Waals surface area contributed by atoms with E-state index in [1.165, 1.54) is 22.7 Å². The van der Waals surface area contributed by atoms with Crippen LogP contribution in [0.1, 0.15) is 29.3 Å². The Kier molecular flexibility index (Phi) is 7.57. The van der Waals surface area contributed by atoms with Crippen LogP contribution in [0.15, 0.2) is 47.4 Å². The number of carbonyl (C=O) groups is 2. The number of hydrogen-bond acceptors (Lipinski definition) is 5. The van der Waals surface area contributed by atoms with Gasteiger partial charge in [-0.2, -0.15) is 0 Å². The normalized spacial score (nSPS) is 10.4. The highest BCUT2D eigenvalue weighted by Gasteiger charge is 2.22. The predicted octanol–water partition coefficient (Wildman–Crippen LogP) is 4.12. The largest absolute Gasteiger partial charge is 0.329 e. The Bertz CT molecular complexity index is 886. The van der Waals surface area contributed by atoms with Gasteiger partial charge in [0.2, 0.25) is 5.91 Å². The maximum atomic E-state index is 12.9. The minimum Gasteiger partial charge on any atom is -0.329 e. The maximum Gasteiger partial charge on any atom is 0.283 e. The van der Waals surface area contributed by atoms with Gasteiger partial charge in [0.05, 0.1) is 9.82 Å². The van der Waals surface area contributed by atoms with E-state index >= 15 is 0 Å². The lowest BCUT2D eigenvalue weighted by Gasteiger charge is -2.22. The van der Waals surface area contributed by atoms with Gasteiger partial charge in [-0.25, -0.2) is 0 Å². The molecule has 1 N–H and O–H groups in total. The number of amides is 2. The fourth-order valence-electron chi connectivity index (χ4n) is 2.75. The number of para-hydroxylation sites is 1. The molecule has 2 rings (SSSR count). The highest BCUT2D eigenvalue weighted by molar-refractivity contribution is 7.98. The molecule has 148 valence electrons. The molecule has 2 amide bonds. The number of thioether (sulfide) groups is 1. The van der Waals surface area contributed by atoms with E-state index in [9.17, 15) is 19.7 Å². The van der Waals surface area contributed by atoms with E-state index in [2.05, 4.69) is 5.32 Å². The minimum absolute atomic E-state index is 0.112. The number of rotatable bonds is 8. The molecule has 2 aromatic rings. The molecule has 0 aromatic heterocycles. The Morgan fingerprint density at radius 2 is 1.93 bits per heavy atom. The van der Waals surface area contributed by atoms with E-state index < -0.39 is 10.8 Å². The van der Waals surface area contributed by atoms with Crippen molar-refractivity contribution in [3.05, 3.63) is 63.7 Å². The molecule has 0 saturated heterocycles. The summed E-state index contributed by atoms with van der Waals surface area (Å²) in [6, 6.07) is 11.8. The zero-order chi connectivity index (χ0) is 20.7. The van der Waals surface area contributed by atoms with E-state index in [0.29, 0.717) is 23.5 Å².